The number of aliphatic hydroxyl groups is 5. The van der Waals surface area contributed by atoms with Crippen LogP contribution in [0.1, 0.15) is 20.3 Å². The second-order valence-corrected chi connectivity index (χ2v) is 12.3. The number of hydrogen-bond acceptors (Lipinski definition) is 16. The van der Waals surface area contributed by atoms with Crippen LogP contribution < -0.4 is 43.0 Å². The highest BCUT2D eigenvalue weighted by Gasteiger charge is 2.33. The lowest BCUT2D eigenvalue weighted by Gasteiger charge is -2.26. The summed E-state index contributed by atoms with van der Waals surface area (Å²) >= 11 is 5.46. The Balaban J connectivity index is 5.38. The van der Waals surface area contributed by atoms with E-state index in [4.69, 9.17) is 15.9 Å². The van der Waals surface area contributed by atoms with Gasteiger partial charge in [-0.2, -0.15) is 24.4 Å². The number of carboxylic acids is 1. The van der Waals surface area contributed by atoms with Gasteiger partial charge >= 0.3 is 5.97 Å². The molecule has 0 saturated carbocycles. The third-order valence-corrected chi connectivity index (χ3v) is 7.85. The van der Waals surface area contributed by atoms with Crippen molar-refractivity contribution in [2.75, 3.05) is 44.2 Å². The van der Waals surface area contributed by atoms with E-state index in [-0.39, 0.29) is 5.75 Å². The molecule has 24 heteroatoms. The Morgan fingerprint density at radius 3 is 1.39 bits per heavy atom. The topological polar surface area (TPSA) is 368 Å². The van der Waals surface area contributed by atoms with Crippen LogP contribution in [0.25, 0.3) is 0 Å². The van der Waals surface area contributed by atoms with Crippen LogP contribution in [0.5, 0.6) is 0 Å². The second kappa shape index (κ2) is 24.4. The molecular weight excluding hydrogens is 724 g/mol. The predicted octanol–water partition coefficient (Wildman–Crippen LogP) is -8.16. The zero-order valence-corrected chi connectivity index (χ0v) is 29.7. The second-order valence-electron chi connectivity index (χ2n) is 10.9. The lowest BCUT2D eigenvalue weighted by atomic mass is 10.1. The fourth-order valence-electron chi connectivity index (χ4n) is 3.76. The molecule has 0 aromatic rings. The van der Waals surface area contributed by atoms with E-state index < -0.39 is 128 Å². The summed E-state index contributed by atoms with van der Waals surface area (Å²) < 4.78 is 0. The highest BCUT2D eigenvalue weighted by Crippen LogP contribution is 2.02. The molecule has 292 valence electrons. The normalized spacial score (nSPS) is 16.3. The van der Waals surface area contributed by atoms with E-state index in [0.29, 0.717) is 12.2 Å². The first-order chi connectivity index (χ1) is 23.9. The largest absolute Gasteiger partial charge is 0.480 e. The van der Waals surface area contributed by atoms with Gasteiger partial charge in [0.1, 0.15) is 42.3 Å². The Morgan fingerprint density at radius 1 is 0.608 bits per heavy atom. The van der Waals surface area contributed by atoms with Gasteiger partial charge in [0.25, 0.3) is 0 Å². The molecule has 0 bridgehead atoms. The van der Waals surface area contributed by atoms with Gasteiger partial charge in [-0.15, -0.1) is 0 Å². The molecule has 0 aromatic heterocycles. The monoisotopic (exact) mass is 772 g/mol. The van der Waals surface area contributed by atoms with Crippen molar-refractivity contribution in [2.24, 2.45) is 5.73 Å². The Bertz CT molecular complexity index is 1220. The first-order valence-corrected chi connectivity index (χ1v) is 17.3. The van der Waals surface area contributed by atoms with Gasteiger partial charge in [0.15, 0.2) is 0 Å². The molecule has 0 aliphatic rings. The van der Waals surface area contributed by atoms with Crippen molar-refractivity contribution in [3.63, 3.8) is 0 Å². The molecule has 0 fully saturated rings. The molecule has 51 heavy (non-hydrogen) atoms. The van der Waals surface area contributed by atoms with Crippen LogP contribution in [-0.4, -0.2) is 177 Å². The number of aliphatic hydroxyl groups excluding tert-OH is 5. The van der Waals surface area contributed by atoms with E-state index >= 15 is 0 Å². The average Bonchev–Trinajstić information content (AvgIpc) is 3.09. The summed E-state index contributed by atoms with van der Waals surface area (Å²) in [7, 11) is 0. The summed E-state index contributed by atoms with van der Waals surface area (Å²) in [5.41, 5.74) is 5.81. The molecule has 0 radical (unpaired) electrons. The Morgan fingerprint density at radius 2 is 1.00 bits per heavy atom. The molecule has 7 amide bonds. The molecule has 9 atom stereocenters. The van der Waals surface area contributed by atoms with Gasteiger partial charge in [-0.3, -0.25) is 33.6 Å². The summed E-state index contributed by atoms with van der Waals surface area (Å²) in [6.07, 6.45) is 0.691. The van der Waals surface area contributed by atoms with E-state index in [1.54, 1.807) is 0 Å². The van der Waals surface area contributed by atoms with Gasteiger partial charge in [0.05, 0.1) is 38.6 Å². The number of carboxylic acid groups (broad SMARTS) is 1. The molecular formula is C27H48N8O14S2. The molecule has 15 N–H and O–H groups in total. The van der Waals surface area contributed by atoms with Crippen LogP contribution in [0, 0.1) is 0 Å². The van der Waals surface area contributed by atoms with E-state index in [1.165, 1.54) is 18.7 Å². The van der Waals surface area contributed by atoms with Crippen LogP contribution in [0.3, 0.4) is 0 Å². The van der Waals surface area contributed by atoms with Crippen LogP contribution in [-0.2, 0) is 38.4 Å². The van der Waals surface area contributed by atoms with Crippen LogP contribution >= 0.6 is 24.4 Å². The van der Waals surface area contributed by atoms with Crippen LogP contribution in [0.15, 0.2) is 0 Å². The Kier molecular flexibility index (Phi) is 22.6. The van der Waals surface area contributed by atoms with E-state index in [1.807, 2.05) is 16.9 Å². The van der Waals surface area contributed by atoms with Gasteiger partial charge in [0.2, 0.25) is 41.4 Å². The minimum atomic E-state index is -1.75. The quantitative estimate of drug-likeness (QED) is 0.0405. The maximum Gasteiger partial charge on any atom is 0.328 e. The van der Waals surface area contributed by atoms with Crippen LogP contribution in [0.2, 0.25) is 0 Å². The molecule has 22 nitrogen and oxygen atoms in total. The lowest BCUT2D eigenvalue weighted by Crippen LogP contribution is -2.62. The van der Waals surface area contributed by atoms with Crippen molar-refractivity contribution in [2.45, 2.75) is 74.7 Å². The summed E-state index contributed by atoms with van der Waals surface area (Å²) in [6.45, 7) is -1.72. The number of carbonyl (C=O) groups excluding carboxylic acids is 7. The molecule has 0 aromatic carbocycles. The number of carbonyl (C=O) groups is 8. The molecule has 0 aliphatic heterocycles. The van der Waals surface area contributed by atoms with Crippen molar-refractivity contribution in [3.05, 3.63) is 0 Å². The summed E-state index contributed by atoms with van der Waals surface area (Å²) in [5.74, 6) is -8.69. The van der Waals surface area contributed by atoms with Crippen molar-refractivity contribution >= 4 is 71.7 Å². The maximum absolute atomic E-state index is 12.9. The van der Waals surface area contributed by atoms with Crippen molar-refractivity contribution < 1.29 is 69.0 Å². The number of hydrogen-bond donors (Lipinski definition) is 15. The molecule has 0 aliphatic carbocycles. The zero-order chi connectivity index (χ0) is 39.4. The maximum atomic E-state index is 12.9. The van der Waals surface area contributed by atoms with E-state index in [0.717, 1.165) is 6.92 Å². The number of nitrogens with one attached hydrogen (secondary N) is 7. The minimum Gasteiger partial charge on any atom is -0.480 e. The third-order valence-electron chi connectivity index (χ3n) is 6.84. The van der Waals surface area contributed by atoms with Crippen molar-refractivity contribution in [3.8, 4) is 0 Å². The molecule has 0 spiro atoms. The highest BCUT2D eigenvalue weighted by molar-refractivity contribution is 7.98. The number of thiol groups is 1. The van der Waals surface area contributed by atoms with E-state index in [2.05, 4.69) is 39.2 Å². The molecule has 0 rings (SSSR count). The van der Waals surface area contributed by atoms with Gasteiger partial charge in [-0.1, -0.05) is 0 Å². The number of amides is 7. The fourth-order valence-corrected chi connectivity index (χ4v) is 4.50. The highest BCUT2D eigenvalue weighted by atomic mass is 32.2. The lowest BCUT2D eigenvalue weighted by molar-refractivity contribution is -0.143. The van der Waals surface area contributed by atoms with Gasteiger partial charge in [0, 0.05) is 5.75 Å². The standard InChI is InChI=1S/C27H48N8O14S2/c1-11(20(41)30-15(7-37)23(44)31-16(8-38)24(45)33-17(9-39)27(48)49)29-22(43)14(6-36)32-25(46)18(10-50)34-26(47)19(12(2)40)35-21(42)13(28)4-5-51-3/h11-19,36-40,50H,4-10,28H2,1-3H3,(H,29,43)(H,30,41)(H,31,44)(H,32,46)(H,33,45)(H,34,47)(H,35,42)(H,48,49)/t11-,12+,13-,14-,15-,16-,17-,18-,19-/m0/s1. The predicted molar refractivity (Wildman–Crippen MR) is 182 cm³/mol. The van der Waals surface area contributed by atoms with Crippen molar-refractivity contribution in [1.29, 1.82) is 0 Å². The minimum absolute atomic E-state index is 0.292. The number of rotatable bonds is 24. The molecule has 0 unspecified atom stereocenters. The summed E-state index contributed by atoms with van der Waals surface area (Å²) in [4.78, 5) is 99.4. The Hall–Kier alpha value is -3.78. The molecule has 0 heterocycles. The van der Waals surface area contributed by atoms with Crippen LogP contribution in [0.4, 0.5) is 0 Å². The van der Waals surface area contributed by atoms with Gasteiger partial charge in [-0.05, 0) is 32.3 Å². The Labute approximate surface area is 302 Å². The first kappa shape index (κ1) is 47.2. The zero-order valence-electron chi connectivity index (χ0n) is 28.0. The average molecular weight is 773 g/mol. The number of thioether (sulfide) groups is 1. The van der Waals surface area contributed by atoms with E-state index in [9.17, 15) is 58.8 Å². The van der Waals surface area contributed by atoms with Gasteiger partial charge < -0.3 is 73.6 Å². The third kappa shape index (κ3) is 16.4. The summed E-state index contributed by atoms with van der Waals surface area (Å²) in [5, 5.41) is 71.8. The van der Waals surface area contributed by atoms with Gasteiger partial charge in [-0.25, -0.2) is 4.79 Å². The number of nitrogens with two attached hydrogens (primary N) is 1. The molecule has 0 saturated heterocycles. The smallest absolute Gasteiger partial charge is 0.328 e. The number of aliphatic carboxylic acids is 1. The SMILES string of the molecule is CSCC[C@H](N)C(=O)N[C@H](C(=O)N[C@@H](CS)C(=O)N[C@@H](CO)C(=O)N[C@@H](C)C(=O)N[C@@H](CO)C(=O)N[C@@H](CO)C(=O)N[C@@H](CO)C(=O)O)[C@@H](C)O. The summed E-state index contributed by atoms with van der Waals surface area (Å²) in [6, 6.07) is -12.3. The van der Waals surface area contributed by atoms with Crippen molar-refractivity contribution in [1.82, 2.24) is 37.2 Å². The first-order valence-electron chi connectivity index (χ1n) is 15.2. The fraction of sp³-hybridized carbons (Fsp3) is 0.704.